The second kappa shape index (κ2) is 5.01. The Kier molecular flexibility index (Phi) is 4.83. The molecule has 1 rings (SSSR count). The molecule has 0 unspecified atom stereocenters. The van der Waals surface area contributed by atoms with Crippen LogP contribution in [-0.2, 0) is 0 Å². The van der Waals surface area contributed by atoms with Gasteiger partial charge in [-0.25, -0.2) is 4.39 Å². The van der Waals surface area contributed by atoms with Gasteiger partial charge in [-0.1, -0.05) is 17.7 Å². The fraction of sp³-hybridized carbons (Fsp3) is 0.250. The Labute approximate surface area is 94.6 Å². The highest BCUT2D eigenvalue weighted by molar-refractivity contribution is 6.31. The van der Waals surface area contributed by atoms with Gasteiger partial charge in [0.1, 0.15) is 11.9 Å². The fourth-order valence-electron chi connectivity index (χ4n) is 0.930. The van der Waals surface area contributed by atoms with Crippen LogP contribution in [0.3, 0.4) is 0 Å². The summed E-state index contributed by atoms with van der Waals surface area (Å²) in [7, 11) is 0. The van der Waals surface area contributed by atoms with Crippen LogP contribution in [0.2, 0.25) is 5.02 Å². The minimum Gasteiger partial charge on any atom is -0.316 e. The number of benzene rings is 1. The monoisotopic (exact) mass is 263 g/mol. The average Bonchev–Trinajstić information content (AvgIpc) is 2.01. The molecule has 0 amide bonds. The van der Waals surface area contributed by atoms with Crippen LogP contribution >= 0.6 is 24.0 Å². The van der Waals surface area contributed by atoms with Crippen LogP contribution < -0.4 is 5.73 Å². The van der Waals surface area contributed by atoms with E-state index in [1.807, 2.05) is 0 Å². The van der Waals surface area contributed by atoms with Crippen LogP contribution in [0.4, 0.5) is 17.6 Å². The Morgan fingerprint density at radius 2 is 1.80 bits per heavy atom. The molecule has 0 bridgehead atoms. The molecule has 1 aromatic carbocycles. The molecule has 0 aliphatic carbocycles. The number of alkyl halides is 3. The summed E-state index contributed by atoms with van der Waals surface area (Å²) in [6.07, 6.45) is -4.58. The fourth-order valence-corrected chi connectivity index (χ4v) is 1.21. The molecule has 1 aromatic rings. The Morgan fingerprint density at radius 1 is 1.27 bits per heavy atom. The molecule has 0 aliphatic heterocycles. The third-order valence-electron chi connectivity index (χ3n) is 1.65. The number of rotatable bonds is 1. The molecule has 86 valence electrons. The highest BCUT2D eigenvalue weighted by Crippen LogP contribution is 2.34. The Morgan fingerprint density at radius 3 is 2.20 bits per heavy atom. The minimum absolute atomic E-state index is 0. The molecule has 1 atom stereocenters. The van der Waals surface area contributed by atoms with E-state index in [1.54, 1.807) is 0 Å². The maximum Gasteiger partial charge on any atom is 0.407 e. The van der Waals surface area contributed by atoms with Gasteiger partial charge in [-0.3, -0.25) is 0 Å². The zero-order valence-electron chi connectivity index (χ0n) is 7.18. The standard InChI is InChI=1S/C8H6ClF4N.ClH/c9-6-3-4(10)1-2-5(6)7(14)8(11,12)13;/h1-3,7H,14H2;1H/t7-;/m0./s1. The first-order chi connectivity index (χ1) is 6.32. The summed E-state index contributed by atoms with van der Waals surface area (Å²) in [4.78, 5) is 0. The van der Waals surface area contributed by atoms with Crippen LogP contribution in [-0.4, -0.2) is 6.18 Å². The van der Waals surface area contributed by atoms with Crippen molar-refractivity contribution < 1.29 is 17.6 Å². The van der Waals surface area contributed by atoms with E-state index in [0.29, 0.717) is 0 Å². The summed E-state index contributed by atoms with van der Waals surface area (Å²) in [6.45, 7) is 0. The van der Waals surface area contributed by atoms with E-state index < -0.39 is 18.0 Å². The molecule has 1 nitrogen and oxygen atoms in total. The Bertz CT molecular complexity index is 340. The van der Waals surface area contributed by atoms with E-state index in [-0.39, 0.29) is 23.0 Å². The van der Waals surface area contributed by atoms with Crippen molar-refractivity contribution in [3.8, 4) is 0 Å². The summed E-state index contributed by atoms with van der Waals surface area (Å²) in [5.41, 5.74) is 4.56. The molecule has 0 fully saturated rings. The van der Waals surface area contributed by atoms with Gasteiger partial charge in [-0.2, -0.15) is 13.2 Å². The molecule has 7 heteroatoms. The molecular formula is C8H7Cl2F4N. The van der Waals surface area contributed by atoms with Crippen LogP contribution in [0.25, 0.3) is 0 Å². The van der Waals surface area contributed by atoms with Crippen molar-refractivity contribution in [3.05, 3.63) is 34.6 Å². The molecule has 15 heavy (non-hydrogen) atoms. The lowest BCUT2D eigenvalue weighted by Gasteiger charge is -2.16. The maximum absolute atomic E-state index is 12.5. The second-order valence-electron chi connectivity index (χ2n) is 2.69. The summed E-state index contributed by atoms with van der Waals surface area (Å²) >= 11 is 5.41. The predicted octanol–water partition coefficient (Wildman–Crippen LogP) is 3.46. The van der Waals surface area contributed by atoms with E-state index in [4.69, 9.17) is 17.3 Å². The Hall–Kier alpha value is -0.520. The zero-order chi connectivity index (χ0) is 10.9. The van der Waals surface area contributed by atoms with E-state index in [0.717, 1.165) is 18.2 Å². The summed E-state index contributed by atoms with van der Waals surface area (Å²) in [5.74, 6) is -0.701. The van der Waals surface area contributed by atoms with Crippen molar-refractivity contribution in [2.45, 2.75) is 12.2 Å². The third kappa shape index (κ3) is 3.52. The maximum atomic E-state index is 12.5. The van der Waals surface area contributed by atoms with Crippen LogP contribution in [0.5, 0.6) is 0 Å². The number of hydrogen-bond donors (Lipinski definition) is 1. The molecule has 0 saturated carbocycles. The summed E-state index contributed by atoms with van der Waals surface area (Å²) in [6, 6.07) is 0.418. The van der Waals surface area contributed by atoms with Gasteiger partial charge >= 0.3 is 6.18 Å². The second-order valence-corrected chi connectivity index (χ2v) is 3.09. The molecule has 0 aromatic heterocycles. The van der Waals surface area contributed by atoms with Crippen molar-refractivity contribution in [1.29, 1.82) is 0 Å². The zero-order valence-corrected chi connectivity index (χ0v) is 8.76. The van der Waals surface area contributed by atoms with E-state index in [2.05, 4.69) is 0 Å². The third-order valence-corrected chi connectivity index (χ3v) is 1.98. The van der Waals surface area contributed by atoms with Gasteiger partial charge in [0.25, 0.3) is 0 Å². The van der Waals surface area contributed by atoms with Gasteiger partial charge in [0.15, 0.2) is 0 Å². The summed E-state index contributed by atoms with van der Waals surface area (Å²) in [5, 5.41) is -0.324. The molecule has 2 N–H and O–H groups in total. The molecule has 0 saturated heterocycles. The smallest absolute Gasteiger partial charge is 0.316 e. The van der Waals surface area contributed by atoms with Gasteiger partial charge in [0.05, 0.1) is 0 Å². The van der Waals surface area contributed by atoms with Crippen molar-refractivity contribution in [2.24, 2.45) is 5.73 Å². The minimum atomic E-state index is -4.58. The largest absolute Gasteiger partial charge is 0.407 e. The first-order valence-corrected chi connectivity index (χ1v) is 3.97. The lowest BCUT2D eigenvalue weighted by molar-refractivity contribution is -0.149. The van der Waals surface area contributed by atoms with E-state index in [1.165, 1.54) is 0 Å². The molecule has 0 heterocycles. The van der Waals surface area contributed by atoms with Gasteiger partial charge in [0.2, 0.25) is 0 Å². The van der Waals surface area contributed by atoms with Crippen molar-refractivity contribution in [1.82, 2.24) is 0 Å². The van der Waals surface area contributed by atoms with Crippen LogP contribution in [0.15, 0.2) is 18.2 Å². The quantitative estimate of drug-likeness (QED) is 0.772. The number of halogens is 6. The molecule has 0 aliphatic rings. The van der Waals surface area contributed by atoms with Gasteiger partial charge in [0, 0.05) is 5.02 Å². The lowest BCUT2D eigenvalue weighted by Crippen LogP contribution is -2.28. The molecular weight excluding hydrogens is 257 g/mol. The van der Waals surface area contributed by atoms with E-state index in [9.17, 15) is 17.6 Å². The SMILES string of the molecule is Cl.N[C@@H](c1ccc(F)cc1Cl)C(F)(F)F. The molecule has 0 spiro atoms. The Balaban J connectivity index is 0.00000196. The highest BCUT2D eigenvalue weighted by Gasteiger charge is 2.38. The van der Waals surface area contributed by atoms with Crippen molar-refractivity contribution >= 4 is 24.0 Å². The molecule has 0 radical (unpaired) electrons. The lowest BCUT2D eigenvalue weighted by atomic mass is 10.1. The first-order valence-electron chi connectivity index (χ1n) is 3.59. The average molecular weight is 264 g/mol. The normalized spacial score (nSPS) is 13.2. The van der Waals surface area contributed by atoms with Gasteiger partial charge < -0.3 is 5.73 Å². The highest BCUT2D eigenvalue weighted by atomic mass is 35.5. The van der Waals surface area contributed by atoms with E-state index >= 15 is 0 Å². The topological polar surface area (TPSA) is 26.0 Å². The van der Waals surface area contributed by atoms with Crippen molar-refractivity contribution in [2.75, 3.05) is 0 Å². The number of hydrogen-bond acceptors (Lipinski definition) is 1. The van der Waals surface area contributed by atoms with Gasteiger partial charge in [-0.05, 0) is 17.7 Å². The summed E-state index contributed by atoms with van der Waals surface area (Å²) < 4.78 is 48.9. The first kappa shape index (κ1) is 14.5. The number of nitrogens with two attached hydrogens (primary N) is 1. The predicted molar refractivity (Wildman–Crippen MR) is 51.6 cm³/mol. The van der Waals surface area contributed by atoms with Crippen molar-refractivity contribution in [3.63, 3.8) is 0 Å². The van der Waals surface area contributed by atoms with Crippen LogP contribution in [0.1, 0.15) is 11.6 Å². The van der Waals surface area contributed by atoms with Crippen LogP contribution in [0, 0.1) is 5.82 Å². The van der Waals surface area contributed by atoms with Gasteiger partial charge in [-0.15, -0.1) is 12.4 Å².